The molecule has 0 bridgehead atoms. The van der Waals surface area contributed by atoms with E-state index < -0.39 is 0 Å². The number of nitrogens with zero attached hydrogens (tertiary/aromatic N) is 1. The number of rotatable bonds is 4. The number of benzene rings is 2. The second-order valence-electron chi connectivity index (χ2n) is 5.25. The maximum atomic E-state index is 14.4. The van der Waals surface area contributed by atoms with Crippen LogP contribution < -0.4 is 5.73 Å². The summed E-state index contributed by atoms with van der Waals surface area (Å²) >= 11 is 0. The van der Waals surface area contributed by atoms with E-state index in [1.807, 2.05) is 49.4 Å². The molecule has 0 radical (unpaired) electrons. The molecular weight excluding hydrogens is 279 g/mol. The molecule has 0 amide bonds. The molecule has 0 aliphatic heterocycles. The molecule has 3 rings (SSSR count). The van der Waals surface area contributed by atoms with Gasteiger partial charge in [0.1, 0.15) is 5.82 Å². The smallest absolute Gasteiger partial charge is 0.150 e. The molecule has 1 atom stereocenters. The van der Waals surface area contributed by atoms with E-state index in [-0.39, 0.29) is 11.7 Å². The minimum atomic E-state index is -0.238. The highest BCUT2D eigenvalue weighted by Gasteiger charge is 2.15. The van der Waals surface area contributed by atoms with Crippen LogP contribution in [-0.2, 0) is 6.54 Å². The lowest BCUT2D eigenvalue weighted by molar-refractivity contribution is 0.377. The highest BCUT2D eigenvalue weighted by atomic mass is 19.1. The molecular formula is C18H17FN2O. The molecule has 2 aromatic carbocycles. The highest BCUT2D eigenvalue weighted by molar-refractivity contribution is 5.64. The molecule has 0 aliphatic rings. The first kappa shape index (κ1) is 14.5. The van der Waals surface area contributed by atoms with Crippen molar-refractivity contribution in [2.75, 3.05) is 0 Å². The summed E-state index contributed by atoms with van der Waals surface area (Å²) in [6.45, 7) is 2.27. The topological polar surface area (TPSA) is 52.0 Å². The summed E-state index contributed by atoms with van der Waals surface area (Å²) in [5.41, 5.74) is 8.59. The Kier molecular flexibility index (Phi) is 4.02. The van der Waals surface area contributed by atoms with Crippen LogP contribution in [0.4, 0.5) is 4.39 Å². The van der Waals surface area contributed by atoms with Crippen LogP contribution in [0.3, 0.4) is 0 Å². The fraction of sp³-hybridized carbons (Fsp3) is 0.167. The standard InChI is InChI=1S/C18H17FN2O/c1-12(18-10-15(11-20)22-21-18)14-7-8-16(17(19)9-14)13-5-3-2-4-6-13/h2-10,12H,11,20H2,1H3. The van der Waals surface area contributed by atoms with Gasteiger partial charge >= 0.3 is 0 Å². The molecule has 4 heteroatoms. The van der Waals surface area contributed by atoms with Crippen molar-refractivity contribution in [3.63, 3.8) is 0 Å². The molecule has 0 saturated carbocycles. The first-order chi connectivity index (χ1) is 10.7. The summed E-state index contributed by atoms with van der Waals surface area (Å²) in [6.07, 6.45) is 0. The SMILES string of the molecule is CC(c1ccc(-c2ccccc2)c(F)c1)c1cc(CN)on1. The number of hydrogen-bond acceptors (Lipinski definition) is 3. The monoisotopic (exact) mass is 296 g/mol. The van der Waals surface area contributed by atoms with Crippen molar-refractivity contribution in [3.8, 4) is 11.1 Å². The predicted molar refractivity (Wildman–Crippen MR) is 83.7 cm³/mol. The Hall–Kier alpha value is -2.46. The van der Waals surface area contributed by atoms with Crippen LogP contribution in [0.1, 0.15) is 29.9 Å². The zero-order chi connectivity index (χ0) is 15.5. The molecule has 112 valence electrons. The molecule has 1 heterocycles. The summed E-state index contributed by atoms with van der Waals surface area (Å²) in [5, 5.41) is 4.00. The minimum absolute atomic E-state index is 0.0524. The van der Waals surface area contributed by atoms with Gasteiger partial charge < -0.3 is 10.3 Å². The van der Waals surface area contributed by atoms with Gasteiger partial charge in [0.15, 0.2) is 5.76 Å². The third-order valence-corrected chi connectivity index (χ3v) is 3.80. The van der Waals surface area contributed by atoms with E-state index in [0.29, 0.717) is 17.9 Å². The molecule has 1 aromatic heterocycles. The van der Waals surface area contributed by atoms with Crippen LogP contribution >= 0.6 is 0 Å². The van der Waals surface area contributed by atoms with Crippen LogP contribution in [0.25, 0.3) is 11.1 Å². The van der Waals surface area contributed by atoms with Crippen LogP contribution in [0.5, 0.6) is 0 Å². The number of aromatic nitrogens is 1. The molecule has 2 N–H and O–H groups in total. The third kappa shape index (κ3) is 2.78. The van der Waals surface area contributed by atoms with Gasteiger partial charge in [-0.3, -0.25) is 0 Å². The molecule has 0 fully saturated rings. The Morgan fingerprint density at radius 1 is 1.14 bits per heavy atom. The van der Waals surface area contributed by atoms with Crippen molar-refractivity contribution < 1.29 is 8.91 Å². The van der Waals surface area contributed by atoms with E-state index in [9.17, 15) is 4.39 Å². The van der Waals surface area contributed by atoms with E-state index in [1.54, 1.807) is 12.1 Å². The lowest BCUT2D eigenvalue weighted by Crippen LogP contribution is -1.98. The van der Waals surface area contributed by atoms with Crippen LogP contribution in [-0.4, -0.2) is 5.16 Å². The summed E-state index contributed by atoms with van der Waals surface area (Å²) in [5.74, 6) is 0.338. The summed E-state index contributed by atoms with van der Waals surface area (Å²) < 4.78 is 19.5. The Bertz CT molecular complexity index is 768. The van der Waals surface area contributed by atoms with Gasteiger partial charge in [0.2, 0.25) is 0 Å². The van der Waals surface area contributed by atoms with Crippen LogP contribution in [0.2, 0.25) is 0 Å². The van der Waals surface area contributed by atoms with Crippen molar-refractivity contribution >= 4 is 0 Å². The fourth-order valence-electron chi connectivity index (χ4n) is 2.45. The van der Waals surface area contributed by atoms with Gasteiger partial charge in [-0.15, -0.1) is 0 Å². The second-order valence-corrected chi connectivity index (χ2v) is 5.25. The van der Waals surface area contributed by atoms with E-state index in [1.165, 1.54) is 0 Å². The normalized spacial score (nSPS) is 12.3. The summed E-state index contributed by atoms with van der Waals surface area (Å²) in [4.78, 5) is 0. The average molecular weight is 296 g/mol. The van der Waals surface area contributed by atoms with Gasteiger partial charge in [0, 0.05) is 17.5 Å². The van der Waals surface area contributed by atoms with Crippen molar-refractivity contribution in [3.05, 3.63) is 77.4 Å². The minimum Gasteiger partial charge on any atom is -0.360 e. The largest absolute Gasteiger partial charge is 0.360 e. The molecule has 0 spiro atoms. The lowest BCUT2D eigenvalue weighted by Gasteiger charge is -2.11. The molecule has 1 unspecified atom stereocenters. The van der Waals surface area contributed by atoms with E-state index in [0.717, 1.165) is 16.8 Å². The third-order valence-electron chi connectivity index (χ3n) is 3.80. The Morgan fingerprint density at radius 2 is 1.91 bits per heavy atom. The Morgan fingerprint density at radius 3 is 2.55 bits per heavy atom. The Labute approximate surface area is 128 Å². The molecule has 22 heavy (non-hydrogen) atoms. The highest BCUT2D eigenvalue weighted by Crippen LogP contribution is 2.29. The number of halogens is 1. The van der Waals surface area contributed by atoms with Crippen molar-refractivity contribution in [2.45, 2.75) is 19.4 Å². The van der Waals surface area contributed by atoms with Crippen molar-refractivity contribution in [1.29, 1.82) is 0 Å². The van der Waals surface area contributed by atoms with Gasteiger partial charge in [-0.25, -0.2) is 4.39 Å². The average Bonchev–Trinajstić information content (AvgIpc) is 3.04. The maximum Gasteiger partial charge on any atom is 0.150 e. The number of nitrogens with two attached hydrogens (primary N) is 1. The van der Waals surface area contributed by atoms with Crippen LogP contribution in [0, 0.1) is 5.82 Å². The molecule has 0 aliphatic carbocycles. The van der Waals surface area contributed by atoms with Gasteiger partial charge in [-0.05, 0) is 17.2 Å². The van der Waals surface area contributed by atoms with Gasteiger partial charge in [-0.1, -0.05) is 54.5 Å². The first-order valence-corrected chi connectivity index (χ1v) is 7.19. The number of hydrogen-bond donors (Lipinski definition) is 1. The zero-order valence-electron chi connectivity index (χ0n) is 12.3. The van der Waals surface area contributed by atoms with Gasteiger partial charge in [-0.2, -0.15) is 0 Å². The van der Waals surface area contributed by atoms with Crippen LogP contribution in [0.15, 0.2) is 59.1 Å². The fourth-order valence-corrected chi connectivity index (χ4v) is 2.45. The quantitative estimate of drug-likeness (QED) is 0.789. The Balaban J connectivity index is 1.91. The van der Waals surface area contributed by atoms with Gasteiger partial charge in [0.05, 0.1) is 12.2 Å². The van der Waals surface area contributed by atoms with Crippen molar-refractivity contribution in [2.24, 2.45) is 5.73 Å². The first-order valence-electron chi connectivity index (χ1n) is 7.19. The van der Waals surface area contributed by atoms with E-state index in [4.69, 9.17) is 10.3 Å². The summed E-state index contributed by atoms with van der Waals surface area (Å²) in [7, 11) is 0. The zero-order valence-corrected chi connectivity index (χ0v) is 12.3. The van der Waals surface area contributed by atoms with E-state index in [2.05, 4.69) is 5.16 Å². The molecule has 3 nitrogen and oxygen atoms in total. The van der Waals surface area contributed by atoms with Gasteiger partial charge in [0.25, 0.3) is 0 Å². The molecule has 0 saturated heterocycles. The maximum absolute atomic E-state index is 14.4. The van der Waals surface area contributed by atoms with Crippen molar-refractivity contribution in [1.82, 2.24) is 5.16 Å². The molecule has 3 aromatic rings. The second kappa shape index (κ2) is 6.12. The summed E-state index contributed by atoms with van der Waals surface area (Å²) in [6, 6.07) is 16.6. The van der Waals surface area contributed by atoms with E-state index >= 15 is 0 Å². The predicted octanol–water partition coefficient (Wildman–Crippen LogP) is 4.09. The lowest BCUT2D eigenvalue weighted by atomic mass is 9.94.